The van der Waals surface area contributed by atoms with E-state index in [0.717, 1.165) is 0 Å². The molecule has 0 bridgehead atoms. The Kier molecular flexibility index (Phi) is 4.48. The van der Waals surface area contributed by atoms with Gasteiger partial charge in [0.15, 0.2) is 0 Å². The Balaban J connectivity index is 2.28. The number of hydrogen-bond donors (Lipinski definition) is 3. The average molecular weight is 302 g/mol. The van der Waals surface area contributed by atoms with Crippen molar-refractivity contribution in [1.82, 2.24) is 20.2 Å². The number of nitrogens with zero attached hydrogens (tertiary/aromatic N) is 1. The van der Waals surface area contributed by atoms with Crippen LogP contribution in [0, 0.1) is 6.92 Å². The van der Waals surface area contributed by atoms with Crippen LogP contribution in [0.25, 0.3) is 0 Å². The minimum Gasteiger partial charge on any atom is -0.381 e. The Labute approximate surface area is 119 Å². The third kappa shape index (κ3) is 3.20. The predicted molar refractivity (Wildman–Crippen MR) is 74.9 cm³/mol. The fourth-order valence-corrected chi connectivity index (χ4v) is 4.24. The molecule has 1 aliphatic rings. The SMILES string of the molecule is CNCc1n[nH]c(C)c1S(=O)(=O)NC1(C)CCOCC1. The zero-order valence-electron chi connectivity index (χ0n) is 12.1. The number of hydrogen-bond acceptors (Lipinski definition) is 5. The molecule has 0 unspecified atom stereocenters. The molecule has 1 aromatic heterocycles. The van der Waals surface area contributed by atoms with E-state index in [9.17, 15) is 8.42 Å². The van der Waals surface area contributed by atoms with Crippen LogP contribution in [0.4, 0.5) is 0 Å². The molecular formula is C12H22N4O3S. The zero-order valence-corrected chi connectivity index (χ0v) is 12.9. The van der Waals surface area contributed by atoms with Gasteiger partial charge >= 0.3 is 0 Å². The van der Waals surface area contributed by atoms with E-state index in [2.05, 4.69) is 20.2 Å². The molecule has 1 aliphatic heterocycles. The van der Waals surface area contributed by atoms with Crippen molar-refractivity contribution in [3.05, 3.63) is 11.4 Å². The van der Waals surface area contributed by atoms with E-state index in [1.54, 1.807) is 14.0 Å². The lowest BCUT2D eigenvalue weighted by molar-refractivity contribution is 0.0537. The molecule has 0 aliphatic carbocycles. The highest BCUT2D eigenvalue weighted by Crippen LogP contribution is 2.25. The van der Waals surface area contributed by atoms with Gasteiger partial charge in [-0.2, -0.15) is 5.10 Å². The topological polar surface area (TPSA) is 96.1 Å². The normalized spacial score (nSPS) is 19.1. The third-order valence-electron chi connectivity index (χ3n) is 3.55. The van der Waals surface area contributed by atoms with Crippen molar-refractivity contribution in [2.75, 3.05) is 20.3 Å². The van der Waals surface area contributed by atoms with Crippen molar-refractivity contribution < 1.29 is 13.2 Å². The van der Waals surface area contributed by atoms with Crippen molar-refractivity contribution in [3.8, 4) is 0 Å². The maximum Gasteiger partial charge on any atom is 0.244 e. The molecule has 1 fully saturated rings. The summed E-state index contributed by atoms with van der Waals surface area (Å²) in [5, 5.41) is 9.73. The monoisotopic (exact) mass is 302 g/mol. The van der Waals surface area contributed by atoms with Crippen LogP contribution in [0.3, 0.4) is 0 Å². The van der Waals surface area contributed by atoms with Gasteiger partial charge in [-0.15, -0.1) is 0 Å². The molecule has 8 heteroatoms. The number of H-pyrrole nitrogens is 1. The van der Waals surface area contributed by atoms with E-state index in [4.69, 9.17) is 4.74 Å². The summed E-state index contributed by atoms with van der Waals surface area (Å²) in [7, 11) is -1.84. The smallest absolute Gasteiger partial charge is 0.244 e. The number of nitrogens with one attached hydrogen (secondary N) is 3. The quantitative estimate of drug-likeness (QED) is 0.726. The highest BCUT2D eigenvalue weighted by Gasteiger charge is 2.35. The Morgan fingerprint density at radius 2 is 2.05 bits per heavy atom. The summed E-state index contributed by atoms with van der Waals surface area (Å²) in [6.07, 6.45) is 1.34. The van der Waals surface area contributed by atoms with Crippen LogP contribution in [0.2, 0.25) is 0 Å². The van der Waals surface area contributed by atoms with Crippen molar-refractivity contribution in [2.45, 2.75) is 43.7 Å². The van der Waals surface area contributed by atoms with E-state index in [-0.39, 0.29) is 4.90 Å². The molecule has 1 saturated heterocycles. The standard InChI is InChI=1S/C12H22N4O3S/c1-9-11(10(8-13-3)15-14-9)20(17,18)16-12(2)4-6-19-7-5-12/h13,16H,4-8H2,1-3H3,(H,14,15). The lowest BCUT2D eigenvalue weighted by Crippen LogP contribution is -2.49. The first-order valence-corrected chi connectivity index (χ1v) is 8.16. The average Bonchev–Trinajstić information content (AvgIpc) is 2.71. The second-order valence-electron chi connectivity index (χ2n) is 5.43. The fraction of sp³-hybridized carbons (Fsp3) is 0.750. The number of aryl methyl sites for hydroxylation is 1. The molecule has 0 amide bonds. The third-order valence-corrected chi connectivity index (χ3v) is 5.39. The summed E-state index contributed by atoms with van der Waals surface area (Å²) >= 11 is 0. The van der Waals surface area contributed by atoms with Gasteiger partial charge in [-0.05, 0) is 33.7 Å². The molecule has 20 heavy (non-hydrogen) atoms. The molecule has 114 valence electrons. The van der Waals surface area contributed by atoms with Gasteiger partial charge in [0, 0.05) is 25.3 Å². The maximum absolute atomic E-state index is 12.6. The Morgan fingerprint density at radius 1 is 1.40 bits per heavy atom. The summed E-state index contributed by atoms with van der Waals surface area (Å²) in [6, 6.07) is 0. The highest BCUT2D eigenvalue weighted by molar-refractivity contribution is 7.89. The van der Waals surface area contributed by atoms with E-state index in [1.807, 2.05) is 6.92 Å². The number of rotatable bonds is 5. The summed E-state index contributed by atoms with van der Waals surface area (Å²) in [5.41, 5.74) is 0.601. The van der Waals surface area contributed by atoms with Gasteiger partial charge in [0.1, 0.15) is 4.90 Å². The minimum absolute atomic E-state index is 0.250. The van der Waals surface area contributed by atoms with Crippen molar-refractivity contribution in [1.29, 1.82) is 0 Å². The Morgan fingerprint density at radius 3 is 2.65 bits per heavy atom. The molecule has 7 nitrogen and oxygen atoms in total. The van der Waals surface area contributed by atoms with E-state index >= 15 is 0 Å². The summed E-state index contributed by atoms with van der Waals surface area (Å²) in [6.45, 7) is 5.19. The molecule has 0 aromatic carbocycles. The molecule has 0 spiro atoms. The van der Waals surface area contributed by atoms with E-state index in [0.29, 0.717) is 44.0 Å². The molecule has 2 heterocycles. The zero-order chi connectivity index (χ0) is 14.8. The van der Waals surface area contributed by atoms with Gasteiger partial charge < -0.3 is 10.1 Å². The largest absolute Gasteiger partial charge is 0.381 e. The van der Waals surface area contributed by atoms with Gasteiger partial charge in [-0.25, -0.2) is 13.1 Å². The van der Waals surface area contributed by atoms with Gasteiger partial charge in [-0.3, -0.25) is 5.10 Å². The van der Waals surface area contributed by atoms with Crippen LogP contribution in [0.5, 0.6) is 0 Å². The number of aromatic amines is 1. The van der Waals surface area contributed by atoms with Gasteiger partial charge in [0.05, 0.1) is 11.4 Å². The molecule has 0 saturated carbocycles. The summed E-state index contributed by atoms with van der Waals surface area (Å²) < 4.78 is 33.4. The molecule has 0 atom stereocenters. The van der Waals surface area contributed by atoms with Crippen molar-refractivity contribution in [3.63, 3.8) is 0 Å². The Bertz CT molecular complexity index is 561. The first kappa shape index (κ1) is 15.4. The van der Waals surface area contributed by atoms with Gasteiger partial charge in [0.2, 0.25) is 10.0 Å². The van der Waals surface area contributed by atoms with Crippen molar-refractivity contribution >= 4 is 10.0 Å². The second-order valence-corrected chi connectivity index (χ2v) is 7.05. The molecular weight excluding hydrogens is 280 g/mol. The number of aromatic nitrogens is 2. The molecule has 0 radical (unpaired) electrons. The van der Waals surface area contributed by atoms with Gasteiger partial charge in [0.25, 0.3) is 0 Å². The minimum atomic E-state index is -3.60. The lowest BCUT2D eigenvalue weighted by Gasteiger charge is -2.34. The second kappa shape index (κ2) is 5.80. The lowest BCUT2D eigenvalue weighted by atomic mass is 9.94. The maximum atomic E-state index is 12.6. The molecule has 3 N–H and O–H groups in total. The van der Waals surface area contributed by atoms with Crippen LogP contribution in [-0.4, -0.2) is 44.4 Å². The van der Waals surface area contributed by atoms with Gasteiger partial charge in [-0.1, -0.05) is 0 Å². The fourth-order valence-electron chi connectivity index (χ4n) is 2.41. The van der Waals surface area contributed by atoms with Crippen LogP contribution in [0.1, 0.15) is 31.2 Å². The van der Waals surface area contributed by atoms with Crippen LogP contribution in [-0.2, 0) is 21.3 Å². The first-order valence-electron chi connectivity index (χ1n) is 6.68. The van der Waals surface area contributed by atoms with Crippen LogP contribution in [0.15, 0.2) is 4.90 Å². The highest BCUT2D eigenvalue weighted by atomic mass is 32.2. The summed E-state index contributed by atoms with van der Waals surface area (Å²) in [5.74, 6) is 0. The van der Waals surface area contributed by atoms with Crippen LogP contribution < -0.4 is 10.0 Å². The summed E-state index contributed by atoms with van der Waals surface area (Å²) in [4.78, 5) is 0.250. The number of sulfonamides is 1. The van der Waals surface area contributed by atoms with Crippen molar-refractivity contribution in [2.24, 2.45) is 0 Å². The molecule has 2 rings (SSSR count). The molecule has 1 aromatic rings. The first-order chi connectivity index (χ1) is 9.38. The van der Waals surface area contributed by atoms with E-state index < -0.39 is 15.6 Å². The van der Waals surface area contributed by atoms with Crippen LogP contribution >= 0.6 is 0 Å². The Hall–Kier alpha value is -0.960. The number of ether oxygens (including phenoxy) is 1. The predicted octanol–water partition coefficient (Wildman–Crippen LogP) is 0.285. The van der Waals surface area contributed by atoms with E-state index in [1.165, 1.54) is 0 Å².